The second-order valence-electron chi connectivity index (χ2n) is 15.0. The molecule has 0 aromatic carbocycles. The first-order chi connectivity index (χ1) is 21.5. The van der Waals surface area contributed by atoms with Crippen LogP contribution in [0, 0.1) is 28.6 Å². The predicted molar refractivity (Wildman–Crippen MR) is 164 cm³/mol. The van der Waals surface area contributed by atoms with Crippen LogP contribution in [-0.2, 0) is 25.5 Å². The van der Waals surface area contributed by atoms with Gasteiger partial charge in [0.1, 0.15) is 12.7 Å². The van der Waals surface area contributed by atoms with Crippen molar-refractivity contribution < 1.29 is 39.4 Å². The average Bonchev–Trinajstić information content (AvgIpc) is 3.56. The van der Waals surface area contributed by atoms with Crippen molar-refractivity contribution in [2.45, 2.75) is 127 Å². The van der Waals surface area contributed by atoms with Gasteiger partial charge in [-0.15, -0.1) is 0 Å². The van der Waals surface area contributed by atoms with Gasteiger partial charge in [-0.3, -0.25) is 9.98 Å². The van der Waals surface area contributed by atoms with Crippen molar-refractivity contribution >= 4 is 12.2 Å². The number of ether oxygens (including phenoxy) is 3. The Morgan fingerprint density at radius 1 is 1.11 bits per heavy atom. The summed E-state index contributed by atoms with van der Waals surface area (Å²) >= 11 is 0. The van der Waals surface area contributed by atoms with E-state index in [4.69, 9.17) is 19.2 Å². The summed E-state index contributed by atoms with van der Waals surface area (Å²) < 4.78 is 17.5. The summed E-state index contributed by atoms with van der Waals surface area (Å²) in [6.45, 7) is 4.71. The number of aliphatic imine (C=N–C) groups is 1. The molecule has 0 unspecified atom stereocenters. The fourth-order valence-corrected chi connectivity index (χ4v) is 10.6. The van der Waals surface area contributed by atoms with Crippen LogP contribution in [0.4, 0.5) is 0 Å². The summed E-state index contributed by atoms with van der Waals surface area (Å²) in [7, 11) is 0. The van der Waals surface area contributed by atoms with Crippen molar-refractivity contribution in [1.82, 2.24) is 4.98 Å². The van der Waals surface area contributed by atoms with E-state index in [1.807, 2.05) is 24.5 Å². The van der Waals surface area contributed by atoms with Gasteiger partial charge in [0.25, 0.3) is 0 Å². The molecule has 12 atom stereocenters. The number of cyclic esters (lactones) is 1. The first kappa shape index (κ1) is 31.4. The van der Waals surface area contributed by atoms with Gasteiger partial charge in [0.05, 0.1) is 36.1 Å². The molecule has 1 aromatic heterocycles. The van der Waals surface area contributed by atoms with Gasteiger partial charge < -0.3 is 34.6 Å². The molecule has 1 aromatic rings. The molecule has 10 heteroatoms. The van der Waals surface area contributed by atoms with Gasteiger partial charge in [0, 0.05) is 48.4 Å². The molecule has 0 radical (unpaired) electrons. The van der Waals surface area contributed by atoms with E-state index in [1.54, 1.807) is 19.2 Å². The third-order valence-electron chi connectivity index (χ3n) is 13.0. The third-order valence-corrected chi connectivity index (χ3v) is 13.0. The van der Waals surface area contributed by atoms with Crippen molar-refractivity contribution in [3.63, 3.8) is 0 Å². The van der Waals surface area contributed by atoms with Crippen LogP contribution in [0.15, 0.2) is 41.2 Å². The maximum absolute atomic E-state index is 12.7. The molecular weight excluding hydrogens is 576 g/mol. The fraction of sp³-hybridized carbons (Fsp3) is 0.743. The van der Waals surface area contributed by atoms with Crippen LogP contribution < -0.4 is 0 Å². The first-order valence-electron chi connectivity index (χ1n) is 16.9. The Balaban J connectivity index is 1.17. The Morgan fingerprint density at radius 2 is 1.93 bits per heavy atom. The lowest BCUT2D eigenvalue weighted by atomic mass is 9.41. The number of fused-ring (bicyclic) bond motifs is 5. The van der Waals surface area contributed by atoms with Crippen LogP contribution in [0.3, 0.4) is 0 Å². The van der Waals surface area contributed by atoms with Gasteiger partial charge in [-0.2, -0.15) is 0 Å². The van der Waals surface area contributed by atoms with Crippen molar-refractivity contribution in [1.29, 1.82) is 0 Å². The standard InChI is InChI=1S/C35H48N2O8/c1-21-31(40)28(38)15-30(44-21)45-24-5-10-33(20-37-18-22-4-3-13-36-17-22)26-6-9-32(2)25(23-14-29(39)43-19-23)8-12-35(32,42)27(26)7-11-34(33,41)16-24/h3-4,13-14,17,20-21,24-28,30-31,38,40-42H,5-12,15-16,18-19H2,1-2H3/t21-,24-,25+,26-,27+,28-,30+,31+,32+,33-,34-,35-/m0/s1. The molecule has 7 rings (SSSR count). The van der Waals surface area contributed by atoms with Gasteiger partial charge in [0.15, 0.2) is 6.29 Å². The van der Waals surface area contributed by atoms with Gasteiger partial charge in [0.2, 0.25) is 0 Å². The Morgan fingerprint density at radius 3 is 2.67 bits per heavy atom. The number of aromatic nitrogens is 1. The molecule has 45 heavy (non-hydrogen) atoms. The van der Waals surface area contributed by atoms with Crippen LogP contribution in [0.2, 0.25) is 0 Å². The van der Waals surface area contributed by atoms with Crippen molar-refractivity contribution in [2.75, 3.05) is 6.61 Å². The van der Waals surface area contributed by atoms with E-state index in [9.17, 15) is 25.2 Å². The summed E-state index contributed by atoms with van der Waals surface area (Å²) in [5.74, 6) is -0.171. The number of esters is 1. The minimum atomic E-state index is -1.09. The molecule has 4 saturated carbocycles. The molecule has 246 valence electrons. The quantitative estimate of drug-likeness (QED) is 0.212. The zero-order valence-corrected chi connectivity index (χ0v) is 26.4. The highest BCUT2D eigenvalue weighted by Gasteiger charge is 2.71. The lowest BCUT2D eigenvalue weighted by Crippen LogP contribution is -2.69. The Hall–Kier alpha value is -2.21. The molecule has 5 fully saturated rings. The Labute approximate surface area is 264 Å². The van der Waals surface area contributed by atoms with E-state index in [0.29, 0.717) is 51.7 Å². The number of carbonyl (C=O) groups excluding carboxylic acids is 1. The number of aliphatic hydroxyl groups is 4. The summed E-state index contributed by atoms with van der Waals surface area (Å²) in [6, 6.07) is 3.90. The highest BCUT2D eigenvalue weighted by molar-refractivity contribution is 5.85. The second kappa shape index (κ2) is 11.5. The maximum Gasteiger partial charge on any atom is 0.331 e. The molecule has 4 aliphatic carbocycles. The van der Waals surface area contributed by atoms with Gasteiger partial charge in [-0.1, -0.05) is 13.0 Å². The van der Waals surface area contributed by atoms with E-state index in [0.717, 1.165) is 30.4 Å². The largest absolute Gasteiger partial charge is 0.458 e. The molecule has 3 heterocycles. The minimum Gasteiger partial charge on any atom is -0.458 e. The number of nitrogens with zero attached hydrogens (tertiary/aromatic N) is 2. The smallest absolute Gasteiger partial charge is 0.331 e. The summed E-state index contributed by atoms with van der Waals surface area (Å²) in [4.78, 5) is 21.2. The zero-order chi connectivity index (χ0) is 31.6. The number of aliphatic hydroxyl groups excluding tert-OH is 2. The molecule has 10 nitrogen and oxygen atoms in total. The number of hydrogen-bond acceptors (Lipinski definition) is 10. The minimum absolute atomic E-state index is 0.0124. The SMILES string of the molecule is C[C@@H]1O[C@H](O[C@H]2CC[C@]3(C=NCc4cccnc4)[C@H]4CC[C@]5(C)[C@@H](C6=CC(=O)OC6)CC[C@]5(O)[C@@H]4CC[C@]3(O)C2)C[C@H](O)[C@@H]1O. The highest BCUT2D eigenvalue weighted by Crippen LogP contribution is 2.70. The maximum atomic E-state index is 12.7. The highest BCUT2D eigenvalue weighted by atomic mass is 16.7. The molecule has 4 N–H and O–H groups in total. The molecule has 2 aliphatic heterocycles. The third kappa shape index (κ3) is 5.02. The van der Waals surface area contributed by atoms with Gasteiger partial charge in [-0.05, 0) is 93.2 Å². The van der Waals surface area contributed by atoms with E-state index in [1.165, 1.54) is 0 Å². The monoisotopic (exact) mass is 624 g/mol. The van der Waals surface area contributed by atoms with Crippen LogP contribution in [0.25, 0.3) is 0 Å². The summed E-state index contributed by atoms with van der Waals surface area (Å²) in [5, 5.41) is 45.9. The summed E-state index contributed by atoms with van der Waals surface area (Å²) in [6.07, 6.45) is 10.2. The van der Waals surface area contributed by atoms with E-state index < -0.39 is 41.2 Å². The van der Waals surface area contributed by atoms with Gasteiger partial charge in [-0.25, -0.2) is 4.79 Å². The average molecular weight is 625 g/mol. The lowest BCUT2D eigenvalue weighted by molar-refractivity contribution is -0.282. The van der Waals surface area contributed by atoms with Crippen molar-refractivity contribution in [3.8, 4) is 0 Å². The lowest BCUT2D eigenvalue weighted by Gasteiger charge is -2.66. The van der Waals surface area contributed by atoms with Gasteiger partial charge >= 0.3 is 5.97 Å². The second-order valence-corrected chi connectivity index (χ2v) is 15.0. The topological polar surface area (TPSA) is 151 Å². The zero-order valence-electron chi connectivity index (χ0n) is 26.4. The van der Waals surface area contributed by atoms with Crippen LogP contribution >= 0.6 is 0 Å². The number of hydrogen-bond donors (Lipinski definition) is 4. The number of rotatable bonds is 6. The van der Waals surface area contributed by atoms with E-state index in [2.05, 4.69) is 11.9 Å². The Kier molecular flexibility index (Phi) is 8.02. The molecule has 0 spiro atoms. The van der Waals surface area contributed by atoms with Crippen molar-refractivity contribution in [3.05, 3.63) is 41.7 Å². The van der Waals surface area contributed by atoms with Crippen LogP contribution in [0.1, 0.15) is 83.6 Å². The molecule has 0 amide bonds. The van der Waals surface area contributed by atoms with Crippen LogP contribution in [0.5, 0.6) is 0 Å². The number of carbonyl (C=O) groups is 1. The van der Waals surface area contributed by atoms with Crippen molar-refractivity contribution in [2.24, 2.45) is 33.6 Å². The molecule has 0 bridgehead atoms. The molecule has 6 aliphatic rings. The first-order valence-corrected chi connectivity index (χ1v) is 16.9. The van der Waals surface area contributed by atoms with E-state index in [-0.39, 0.29) is 41.7 Å². The molecule has 1 saturated heterocycles. The Bertz CT molecular complexity index is 1330. The summed E-state index contributed by atoms with van der Waals surface area (Å²) in [5.41, 5.74) is -1.03. The fourth-order valence-electron chi connectivity index (χ4n) is 10.6. The number of pyridine rings is 1. The molecular formula is C35H48N2O8. The van der Waals surface area contributed by atoms with E-state index >= 15 is 0 Å². The predicted octanol–water partition coefficient (Wildman–Crippen LogP) is 3.25. The van der Waals surface area contributed by atoms with Crippen LogP contribution in [-0.4, -0.2) is 86.1 Å². The normalized spacial score (nSPS) is 48.0.